The maximum Gasteiger partial charge on any atom is 0.119 e. The number of hydrogen-bond donors (Lipinski definition) is 1. The molecule has 0 heterocycles. The second-order valence-electron chi connectivity index (χ2n) is 4.63. The summed E-state index contributed by atoms with van der Waals surface area (Å²) in [6.07, 6.45) is 4.86. The summed E-state index contributed by atoms with van der Waals surface area (Å²) in [5, 5.41) is 0. The summed E-state index contributed by atoms with van der Waals surface area (Å²) < 4.78 is 5.62. The predicted molar refractivity (Wildman–Crippen MR) is 66.5 cm³/mol. The molecule has 16 heavy (non-hydrogen) atoms. The highest BCUT2D eigenvalue weighted by molar-refractivity contribution is 5.29. The maximum absolute atomic E-state index is 6.13. The first-order valence-electron chi connectivity index (χ1n) is 6.29. The molecule has 2 heteroatoms. The maximum atomic E-state index is 6.13. The lowest BCUT2D eigenvalue weighted by Gasteiger charge is -2.11. The number of ether oxygens (including phenoxy) is 1. The molecule has 1 aromatic carbocycles. The molecule has 2 nitrogen and oxygen atoms in total. The molecule has 2 N–H and O–H groups in total. The van der Waals surface area contributed by atoms with Crippen molar-refractivity contribution in [2.75, 3.05) is 6.61 Å². The summed E-state index contributed by atoms with van der Waals surface area (Å²) in [7, 11) is 0. The van der Waals surface area contributed by atoms with Crippen molar-refractivity contribution in [3.63, 3.8) is 0 Å². The number of nitrogens with two attached hydrogens (primary N) is 1. The van der Waals surface area contributed by atoms with E-state index in [9.17, 15) is 0 Å². The Balaban J connectivity index is 1.88. The second kappa shape index (κ2) is 5.35. The Hall–Kier alpha value is -1.02. The molecule has 1 aromatic rings. The third-order valence-electron chi connectivity index (χ3n) is 3.16. The topological polar surface area (TPSA) is 35.2 Å². The molecule has 1 unspecified atom stereocenters. The Bertz CT molecular complexity index is 316. The molecule has 0 aromatic heterocycles. The first-order chi connectivity index (χ1) is 7.81. The molecule has 0 bridgehead atoms. The van der Waals surface area contributed by atoms with Gasteiger partial charge in [0.05, 0.1) is 6.61 Å². The van der Waals surface area contributed by atoms with Crippen molar-refractivity contribution < 1.29 is 4.74 Å². The summed E-state index contributed by atoms with van der Waals surface area (Å²) in [5.41, 5.74) is 7.37. The SMILES string of the molecule is CCCCOc1ccc(C(N)C2CC2)cc1. The van der Waals surface area contributed by atoms with Gasteiger partial charge >= 0.3 is 0 Å². The van der Waals surface area contributed by atoms with Crippen molar-refractivity contribution in [3.05, 3.63) is 29.8 Å². The number of unbranched alkanes of at least 4 members (excludes halogenated alkanes) is 1. The van der Waals surface area contributed by atoms with Gasteiger partial charge in [-0.3, -0.25) is 0 Å². The van der Waals surface area contributed by atoms with E-state index < -0.39 is 0 Å². The molecule has 0 radical (unpaired) electrons. The van der Waals surface area contributed by atoms with Gasteiger partial charge < -0.3 is 10.5 Å². The van der Waals surface area contributed by atoms with Crippen LogP contribution in [0.15, 0.2) is 24.3 Å². The van der Waals surface area contributed by atoms with Crippen molar-refractivity contribution >= 4 is 0 Å². The number of hydrogen-bond acceptors (Lipinski definition) is 2. The highest BCUT2D eigenvalue weighted by Crippen LogP contribution is 2.39. The summed E-state index contributed by atoms with van der Waals surface area (Å²) in [5.74, 6) is 1.67. The monoisotopic (exact) mass is 219 g/mol. The van der Waals surface area contributed by atoms with Gasteiger partial charge in [-0.25, -0.2) is 0 Å². The van der Waals surface area contributed by atoms with Gasteiger partial charge in [-0.05, 0) is 42.9 Å². The van der Waals surface area contributed by atoms with Gasteiger partial charge in [0.15, 0.2) is 0 Å². The summed E-state index contributed by atoms with van der Waals surface area (Å²) in [6, 6.07) is 8.50. The van der Waals surface area contributed by atoms with Crippen LogP contribution in [-0.4, -0.2) is 6.61 Å². The number of benzene rings is 1. The van der Waals surface area contributed by atoms with E-state index in [0.29, 0.717) is 5.92 Å². The van der Waals surface area contributed by atoms with Crippen LogP contribution < -0.4 is 10.5 Å². The molecule has 1 aliphatic carbocycles. The third kappa shape index (κ3) is 2.99. The molecule has 1 saturated carbocycles. The fraction of sp³-hybridized carbons (Fsp3) is 0.571. The zero-order chi connectivity index (χ0) is 11.4. The van der Waals surface area contributed by atoms with E-state index >= 15 is 0 Å². The van der Waals surface area contributed by atoms with E-state index in [1.165, 1.54) is 24.8 Å². The molecule has 1 atom stereocenters. The van der Waals surface area contributed by atoms with Crippen LogP contribution in [0.2, 0.25) is 0 Å². The van der Waals surface area contributed by atoms with Crippen LogP contribution in [-0.2, 0) is 0 Å². The second-order valence-corrected chi connectivity index (χ2v) is 4.63. The third-order valence-corrected chi connectivity index (χ3v) is 3.16. The van der Waals surface area contributed by atoms with Crippen LogP contribution in [0, 0.1) is 5.92 Å². The first-order valence-corrected chi connectivity index (χ1v) is 6.29. The summed E-state index contributed by atoms with van der Waals surface area (Å²) in [4.78, 5) is 0. The molecule has 1 aliphatic rings. The minimum Gasteiger partial charge on any atom is -0.494 e. The van der Waals surface area contributed by atoms with Crippen LogP contribution in [0.5, 0.6) is 5.75 Å². The van der Waals surface area contributed by atoms with Crippen LogP contribution in [0.3, 0.4) is 0 Å². The molecule has 0 amide bonds. The Kier molecular flexibility index (Phi) is 3.83. The van der Waals surface area contributed by atoms with Crippen LogP contribution in [0.4, 0.5) is 0 Å². The lowest BCUT2D eigenvalue weighted by Crippen LogP contribution is -2.12. The normalized spacial score (nSPS) is 17.1. The molecular weight excluding hydrogens is 198 g/mol. The van der Waals surface area contributed by atoms with Crippen LogP contribution in [0.1, 0.15) is 44.2 Å². The first kappa shape index (κ1) is 11.5. The summed E-state index contributed by atoms with van der Waals surface area (Å²) in [6.45, 7) is 2.98. The van der Waals surface area contributed by atoms with Crippen LogP contribution >= 0.6 is 0 Å². The van der Waals surface area contributed by atoms with Crippen LogP contribution in [0.25, 0.3) is 0 Å². The van der Waals surface area contributed by atoms with Crippen molar-refractivity contribution in [1.29, 1.82) is 0 Å². The molecule has 2 rings (SSSR count). The van der Waals surface area contributed by atoms with Crippen molar-refractivity contribution in [2.24, 2.45) is 11.7 Å². The average molecular weight is 219 g/mol. The molecular formula is C14H21NO. The van der Waals surface area contributed by atoms with E-state index in [1.54, 1.807) is 0 Å². The molecule has 0 aliphatic heterocycles. The fourth-order valence-corrected chi connectivity index (χ4v) is 1.85. The molecule has 0 saturated heterocycles. The van der Waals surface area contributed by atoms with Gasteiger partial charge in [-0.1, -0.05) is 25.5 Å². The highest BCUT2D eigenvalue weighted by atomic mass is 16.5. The quantitative estimate of drug-likeness (QED) is 0.745. The van der Waals surface area contributed by atoms with E-state index in [-0.39, 0.29) is 6.04 Å². The van der Waals surface area contributed by atoms with Crippen molar-refractivity contribution in [3.8, 4) is 5.75 Å². The number of rotatable bonds is 6. The van der Waals surface area contributed by atoms with Gasteiger partial charge in [0.2, 0.25) is 0 Å². The van der Waals surface area contributed by atoms with E-state index in [0.717, 1.165) is 18.8 Å². The van der Waals surface area contributed by atoms with Gasteiger partial charge in [0, 0.05) is 6.04 Å². The predicted octanol–water partition coefficient (Wildman–Crippen LogP) is 3.28. The average Bonchev–Trinajstić information content (AvgIpc) is 3.13. The smallest absolute Gasteiger partial charge is 0.119 e. The lowest BCUT2D eigenvalue weighted by molar-refractivity contribution is 0.309. The van der Waals surface area contributed by atoms with Gasteiger partial charge in [-0.15, -0.1) is 0 Å². The Labute approximate surface area is 97.8 Å². The van der Waals surface area contributed by atoms with E-state index in [4.69, 9.17) is 10.5 Å². The van der Waals surface area contributed by atoms with Gasteiger partial charge in [0.1, 0.15) is 5.75 Å². The van der Waals surface area contributed by atoms with Gasteiger partial charge in [-0.2, -0.15) is 0 Å². The van der Waals surface area contributed by atoms with Gasteiger partial charge in [0.25, 0.3) is 0 Å². The zero-order valence-electron chi connectivity index (χ0n) is 9.99. The van der Waals surface area contributed by atoms with E-state index in [1.807, 2.05) is 12.1 Å². The standard InChI is InChI=1S/C14H21NO/c1-2-3-10-16-13-8-6-12(7-9-13)14(15)11-4-5-11/h6-9,11,14H,2-5,10,15H2,1H3. The Morgan fingerprint density at radius 2 is 2.00 bits per heavy atom. The zero-order valence-corrected chi connectivity index (χ0v) is 9.99. The highest BCUT2D eigenvalue weighted by Gasteiger charge is 2.29. The minimum absolute atomic E-state index is 0.227. The lowest BCUT2D eigenvalue weighted by atomic mass is 10.0. The van der Waals surface area contributed by atoms with Crippen molar-refractivity contribution in [1.82, 2.24) is 0 Å². The summed E-state index contributed by atoms with van der Waals surface area (Å²) >= 11 is 0. The Morgan fingerprint density at radius 3 is 2.56 bits per heavy atom. The Morgan fingerprint density at radius 1 is 1.31 bits per heavy atom. The minimum atomic E-state index is 0.227. The molecule has 1 fully saturated rings. The molecule has 0 spiro atoms. The van der Waals surface area contributed by atoms with E-state index in [2.05, 4.69) is 19.1 Å². The largest absolute Gasteiger partial charge is 0.494 e. The fourth-order valence-electron chi connectivity index (χ4n) is 1.85. The van der Waals surface area contributed by atoms with Crippen molar-refractivity contribution in [2.45, 2.75) is 38.6 Å². The molecule has 88 valence electrons.